The lowest BCUT2D eigenvalue weighted by Crippen LogP contribution is -2.41. The molecule has 3 nitrogen and oxygen atoms in total. The molecule has 0 radical (unpaired) electrons. The first-order valence-corrected chi connectivity index (χ1v) is 9.86. The van der Waals surface area contributed by atoms with Crippen LogP contribution in [0.5, 0.6) is 0 Å². The third-order valence-electron chi connectivity index (χ3n) is 4.73. The van der Waals surface area contributed by atoms with Gasteiger partial charge in [-0.3, -0.25) is 0 Å². The van der Waals surface area contributed by atoms with Crippen molar-refractivity contribution in [2.45, 2.75) is 38.8 Å². The van der Waals surface area contributed by atoms with Crippen molar-refractivity contribution >= 4 is 0 Å². The molecule has 0 aliphatic heterocycles. The molecule has 0 heterocycles. The molecule has 3 aromatic rings. The second kappa shape index (κ2) is 11.4. The van der Waals surface area contributed by atoms with Gasteiger partial charge in [0.1, 0.15) is 0 Å². The van der Waals surface area contributed by atoms with Gasteiger partial charge in [0.15, 0.2) is 0 Å². The average Bonchev–Trinajstić information content (AvgIpc) is 2.76. The summed E-state index contributed by atoms with van der Waals surface area (Å²) in [5, 5.41) is 3.58. The van der Waals surface area contributed by atoms with Crippen LogP contribution in [0.1, 0.15) is 23.6 Å². The molecule has 0 amide bonds. The lowest BCUT2D eigenvalue weighted by Gasteiger charge is -2.25. The summed E-state index contributed by atoms with van der Waals surface area (Å²) < 4.78 is 12.2. The van der Waals surface area contributed by atoms with Crippen molar-refractivity contribution in [3.63, 3.8) is 0 Å². The summed E-state index contributed by atoms with van der Waals surface area (Å²) in [5.41, 5.74) is 3.61. The Morgan fingerprint density at radius 3 is 1.75 bits per heavy atom. The van der Waals surface area contributed by atoms with Crippen molar-refractivity contribution in [2.75, 3.05) is 6.61 Å². The molecule has 2 atom stereocenters. The van der Waals surface area contributed by atoms with Gasteiger partial charge >= 0.3 is 0 Å². The van der Waals surface area contributed by atoms with Crippen LogP contribution in [-0.2, 0) is 29.2 Å². The Hall–Kier alpha value is -2.46. The van der Waals surface area contributed by atoms with Gasteiger partial charge in [-0.1, -0.05) is 91.0 Å². The van der Waals surface area contributed by atoms with E-state index >= 15 is 0 Å². The zero-order valence-corrected chi connectivity index (χ0v) is 16.5. The molecule has 0 unspecified atom stereocenters. The topological polar surface area (TPSA) is 30.5 Å². The van der Waals surface area contributed by atoms with Gasteiger partial charge in [-0.05, 0) is 23.6 Å². The standard InChI is InChI=1S/C25H29NO2/c1-21(26-17-22-11-5-2-6-12-22)25(28-19-24-15-9-4-10-16-24)20-27-18-23-13-7-3-8-14-23/h2-16,21,25-26H,17-20H2,1H3/t21-,25+/m0/s1. The van der Waals surface area contributed by atoms with Crippen LogP contribution in [0.4, 0.5) is 0 Å². The van der Waals surface area contributed by atoms with E-state index in [4.69, 9.17) is 9.47 Å². The van der Waals surface area contributed by atoms with Crippen LogP contribution >= 0.6 is 0 Å². The first kappa shape index (κ1) is 20.3. The van der Waals surface area contributed by atoms with Gasteiger partial charge in [-0.15, -0.1) is 0 Å². The van der Waals surface area contributed by atoms with E-state index < -0.39 is 0 Å². The fraction of sp³-hybridized carbons (Fsp3) is 0.280. The molecule has 1 N–H and O–H groups in total. The van der Waals surface area contributed by atoms with Crippen molar-refractivity contribution < 1.29 is 9.47 Å². The first-order chi connectivity index (χ1) is 13.8. The van der Waals surface area contributed by atoms with E-state index in [-0.39, 0.29) is 12.1 Å². The summed E-state index contributed by atoms with van der Waals surface area (Å²) >= 11 is 0. The second-order valence-electron chi connectivity index (χ2n) is 6.99. The molecule has 0 saturated heterocycles. The lowest BCUT2D eigenvalue weighted by molar-refractivity contribution is -0.0448. The summed E-state index contributed by atoms with van der Waals surface area (Å²) in [6.07, 6.45) is -0.0346. The Balaban J connectivity index is 1.54. The van der Waals surface area contributed by atoms with Gasteiger partial charge in [0.2, 0.25) is 0 Å². The van der Waals surface area contributed by atoms with Crippen LogP contribution in [0.3, 0.4) is 0 Å². The van der Waals surface area contributed by atoms with Crippen molar-refractivity contribution in [1.82, 2.24) is 5.32 Å². The molecule has 0 saturated carbocycles. The van der Waals surface area contributed by atoms with E-state index in [1.807, 2.05) is 42.5 Å². The van der Waals surface area contributed by atoms with E-state index in [2.05, 4.69) is 60.8 Å². The fourth-order valence-electron chi connectivity index (χ4n) is 2.99. The maximum absolute atomic E-state index is 6.23. The zero-order chi connectivity index (χ0) is 19.4. The zero-order valence-electron chi connectivity index (χ0n) is 16.5. The third-order valence-corrected chi connectivity index (χ3v) is 4.73. The minimum Gasteiger partial charge on any atom is -0.374 e. The summed E-state index contributed by atoms with van der Waals surface area (Å²) in [5.74, 6) is 0. The average molecular weight is 376 g/mol. The van der Waals surface area contributed by atoms with E-state index in [9.17, 15) is 0 Å². The van der Waals surface area contributed by atoms with Gasteiger partial charge in [0.05, 0.1) is 25.9 Å². The number of ether oxygens (including phenoxy) is 2. The molecule has 3 heteroatoms. The third kappa shape index (κ3) is 6.93. The summed E-state index contributed by atoms with van der Waals surface area (Å²) in [6.45, 7) is 4.69. The van der Waals surface area contributed by atoms with Gasteiger partial charge in [0.25, 0.3) is 0 Å². The molecule has 146 valence electrons. The predicted molar refractivity (Wildman–Crippen MR) is 114 cm³/mol. The number of rotatable bonds is 11. The van der Waals surface area contributed by atoms with Crippen LogP contribution < -0.4 is 5.32 Å². The number of nitrogens with one attached hydrogen (secondary N) is 1. The Labute approximate surface area is 168 Å². The fourth-order valence-corrected chi connectivity index (χ4v) is 2.99. The van der Waals surface area contributed by atoms with Crippen LogP contribution in [0.15, 0.2) is 91.0 Å². The highest BCUT2D eigenvalue weighted by atomic mass is 16.5. The molecule has 28 heavy (non-hydrogen) atoms. The highest BCUT2D eigenvalue weighted by molar-refractivity contribution is 5.15. The van der Waals surface area contributed by atoms with Gasteiger partial charge in [-0.25, -0.2) is 0 Å². The molecular weight excluding hydrogens is 346 g/mol. The Morgan fingerprint density at radius 2 is 1.18 bits per heavy atom. The Morgan fingerprint density at radius 1 is 0.679 bits per heavy atom. The Bertz CT molecular complexity index is 777. The van der Waals surface area contributed by atoms with Gasteiger partial charge in [-0.2, -0.15) is 0 Å². The monoisotopic (exact) mass is 375 g/mol. The predicted octanol–water partition coefficient (Wildman–Crippen LogP) is 4.97. The van der Waals surface area contributed by atoms with Crippen molar-refractivity contribution in [1.29, 1.82) is 0 Å². The van der Waals surface area contributed by atoms with E-state index in [1.54, 1.807) is 0 Å². The molecule has 0 fully saturated rings. The van der Waals surface area contributed by atoms with Crippen molar-refractivity contribution in [3.8, 4) is 0 Å². The quantitative estimate of drug-likeness (QED) is 0.513. The van der Waals surface area contributed by atoms with Gasteiger partial charge < -0.3 is 14.8 Å². The molecule has 0 aromatic heterocycles. The van der Waals surface area contributed by atoms with Crippen molar-refractivity contribution in [3.05, 3.63) is 108 Å². The van der Waals surface area contributed by atoms with Crippen LogP contribution in [0, 0.1) is 0 Å². The maximum atomic E-state index is 6.23. The SMILES string of the molecule is C[C@H](NCc1ccccc1)[C@@H](COCc1ccccc1)OCc1ccccc1. The minimum absolute atomic E-state index is 0.0346. The van der Waals surface area contributed by atoms with Crippen LogP contribution in [-0.4, -0.2) is 18.8 Å². The molecule has 0 bridgehead atoms. The minimum atomic E-state index is -0.0346. The molecule has 0 spiro atoms. The highest BCUT2D eigenvalue weighted by Crippen LogP contribution is 2.10. The molecule has 3 rings (SSSR count). The largest absolute Gasteiger partial charge is 0.374 e. The van der Waals surface area contributed by atoms with E-state index in [0.717, 1.165) is 6.54 Å². The van der Waals surface area contributed by atoms with Gasteiger partial charge in [0, 0.05) is 12.6 Å². The summed E-state index contributed by atoms with van der Waals surface area (Å²) in [6, 6.07) is 31.1. The van der Waals surface area contributed by atoms with Crippen LogP contribution in [0.2, 0.25) is 0 Å². The van der Waals surface area contributed by atoms with E-state index in [1.165, 1.54) is 16.7 Å². The smallest absolute Gasteiger partial charge is 0.0963 e. The highest BCUT2D eigenvalue weighted by Gasteiger charge is 2.18. The van der Waals surface area contributed by atoms with E-state index in [0.29, 0.717) is 19.8 Å². The van der Waals surface area contributed by atoms with Crippen molar-refractivity contribution in [2.24, 2.45) is 0 Å². The second-order valence-corrected chi connectivity index (χ2v) is 6.99. The summed E-state index contributed by atoms with van der Waals surface area (Å²) in [7, 11) is 0. The first-order valence-electron chi connectivity index (χ1n) is 9.86. The molecular formula is C25H29NO2. The number of hydrogen-bond acceptors (Lipinski definition) is 3. The Kier molecular flexibility index (Phi) is 8.26. The maximum Gasteiger partial charge on any atom is 0.0963 e. The summed E-state index contributed by atoms with van der Waals surface area (Å²) in [4.78, 5) is 0. The molecule has 0 aliphatic rings. The molecule has 0 aliphatic carbocycles. The normalized spacial score (nSPS) is 13.2. The molecule has 3 aromatic carbocycles. The number of hydrogen-bond donors (Lipinski definition) is 1. The lowest BCUT2D eigenvalue weighted by atomic mass is 10.1. The number of benzene rings is 3. The van der Waals surface area contributed by atoms with Crippen LogP contribution in [0.25, 0.3) is 0 Å².